The first-order chi connectivity index (χ1) is 10.2. The lowest BCUT2D eigenvalue weighted by atomic mass is 9.92. The minimum absolute atomic E-state index is 0.306. The molecule has 0 saturated heterocycles. The molecule has 1 atom stereocenters. The molecule has 0 radical (unpaired) electrons. The summed E-state index contributed by atoms with van der Waals surface area (Å²) in [6.07, 6.45) is 3.81. The lowest BCUT2D eigenvalue weighted by Gasteiger charge is -2.22. The second kappa shape index (κ2) is 6.03. The molecule has 0 aromatic heterocycles. The molecular weight excluding hydrogens is 254 g/mol. The fourth-order valence-electron chi connectivity index (χ4n) is 3.45. The summed E-state index contributed by atoms with van der Waals surface area (Å²) in [5.41, 5.74) is 8.63. The second-order valence-electron chi connectivity index (χ2n) is 6.23. The molecule has 0 heterocycles. The van der Waals surface area contributed by atoms with Gasteiger partial charge in [-0.05, 0) is 67.5 Å². The van der Waals surface area contributed by atoms with Crippen LogP contribution < -0.4 is 5.32 Å². The van der Waals surface area contributed by atoms with Gasteiger partial charge in [-0.1, -0.05) is 48.9 Å². The van der Waals surface area contributed by atoms with Crippen molar-refractivity contribution in [2.24, 2.45) is 0 Å². The minimum Gasteiger partial charge on any atom is -0.307 e. The number of hydrogen-bond acceptors (Lipinski definition) is 1. The summed E-state index contributed by atoms with van der Waals surface area (Å²) in [6.45, 7) is 7.56. The van der Waals surface area contributed by atoms with Gasteiger partial charge >= 0.3 is 0 Å². The van der Waals surface area contributed by atoms with Crippen molar-refractivity contribution in [1.29, 1.82) is 0 Å². The molecule has 0 aliphatic heterocycles. The van der Waals surface area contributed by atoms with Crippen LogP contribution in [0.25, 0.3) is 0 Å². The molecule has 0 fully saturated rings. The third-order valence-electron chi connectivity index (χ3n) is 4.61. The van der Waals surface area contributed by atoms with Crippen LogP contribution in [0.5, 0.6) is 0 Å². The molecular formula is C20H25N. The van der Waals surface area contributed by atoms with E-state index in [2.05, 4.69) is 62.5 Å². The summed E-state index contributed by atoms with van der Waals surface area (Å²) in [4.78, 5) is 0. The molecule has 2 aromatic rings. The van der Waals surface area contributed by atoms with E-state index in [1.165, 1.54) is 41.5 Å². The zero-order valence-electron chi connectivity index (χ0n) is 13.4. The fourth-order valence-corrected chi connectivity index (χ4v) is 3.45. The minimum atomic E-state index is 0.306. The first-order valence-corrected chi connectivity index (χ1v) is 8.11. The van der Waals surface area contributed by atoms with Crippen LogP contribution in [0.3, 0.4) is 0 Å². The molecule has 2 aromatic carbocycles. The molecule has 21 heavy (non-hydrogen) atoms. The van der Waals surface area contributed by atoms with E-state index in [9.17, 15) is 0 Å². The van der Waals surface area contributed by atoms with Gasteiger partial charge in [-0.2, -0.15) is 0 Å². The Bertz CT molecular complexity index is 642. The zero-order valence-corrected chi connectivity index (χ0v) is 13.4. The highest BCUT2D eigenvalue weighted by Crippen LogP contribution is 2.30. The average molecular weight is 279 g/mol. The van der Waals surface area contributed by atoms with Gasteiger partial charge in [0.15, 0.2) is 0 Å². The van der Waals surface area contributed by atoms with Gasteiger partial charge in [-0.15, -0.1) is 0 Å². The second-order valence-corrected chi connectivity index (χ2v) is 6.23. The normalized spacial score (nSPS) is 15.0. The van der Waals surface area contributed by atoms with Crippen LogP contribution in [0.4, 0.5) is 0 Å². The number of hydrogen-bond donors (Lipinski definition) is 1. The summed E-state index contributed by atoms with van der Waals surface area (Å²) in [7, 11) is 0. The molecule has 0 bridgehead atoms. The van der Waals surface area contributed by atoms with Crippen molar-refractivity contribution >= 4 is 0 Å². The van der Waals surface area contributed by atoms with Crippen molar-refractivity contribution in [3.05, 3.63) is 69.8 Å². The molecule has 1 unspecified atom stereocenters. The van der Waals surface area contributed by atoms with Crippen molar-refractivity contribution in [2.75, 3.05) is 6.54 Å². The van der Waals surface area contributed by atoms with Gasteiger partial charge < -0.3 is 5.32 Å². The van der Waals surface area contributed by atoms with Crippen LogP contribution in [0.15, 0.2) is 36.4 Å². The highest BCUT2D eigenvalue weighted by molar-refractivity contribution is 5.43. The quantitative estimate of drug-likeness (QED) is 0.869. The molecule has 0 amide bonds. The van der Waals surface area contributed by atoms with E-state index in [0.29, 0.717) is 6.04 Å². The predicted molar refractivity (Wildman–Crippen MR) is 89.9 cm³/mol. The third kappa shape index (κ3) is 2.89. The van der Waals surface area contributed by atoms with Crippen LogP contribution in [0, 0.1) is 13.8 Å². The Hall–Kier alpha value is -1.60. The highest BCUT2D eigenvalue weighted by Gasteiger charge is 2.18. The Morgan fingerprint density at radius 2 is 1.81 bits per heavy atom. The van der Waals surface area contributed by atoms with Gasteiger partial charge in [0.1, 0.15) is 0 Å². The maximum absolute atomic E-state index is 3.67. The van der Waals surface area contributed by atoms with Gasteiger partial charge in [-0.3, -0.25) is 0 Å². The van der Waals surface area contributed by atoms with E-state index in [-0.39, 0.29) is 0 Å². The molecule has 1 aliphatic carbocycles. The van der Waals surface area contributed by atoms with Crippen LogP contribution in [-0.2, 0) is 12.8 Å². The van der Waals surface area contributed by atoms with Crippen LogP contribution in [0.1, 0.15) is 52.8 Å². The smallest absolute Gasteiger partial charge is 0.0579 e. The molecule has 1 N–H and O–H groups in total. The maximum atomic E-state index is 3.67. The topological polar surface area (TPSA) is 12.0 Å². The third-order valence-corrected chi connectivity index (χ3v) is 4.61. The van der Waals surface area contributed by atoms with Crippen LogP contribution >= 0.6 is 0 Å². The van der Waals surface area contributed by atoms with E-state index >= 15 is 0 Å². The Labute approximate surface area is 128 Å². The van der Waals surface area contributed by atoms with Gasteiger partial charge in [-0.25, -0.2) is 0 Å². The van der Waals surface area contributed by atoms with E-state index in [4.69, 9.17) is 0 Å². The van der Waals surface area contributed by atoms with Crippen LogP contribution in [0.2, 0.25) is 0 Å². The Balaban J connectivity index is 2.03. The Morgan fingerprint density at radius 3 is 2.62 bits per heavy atom. The number of benzene rings is 2. The Kier molecular flexibility index (Phi) is 4.12. The fraction of sp³-hybridized carbons (Fsp3) is 0.400. The van der Waals surface area contributed by atoms with E-state index in [0.717, 1.165) is 6.54 Å². The summed E-state index contributed by atoms with van der Waals surface area (Å²) in [6, 6.07) is 14.2. The summed E-state index contributed by atoms with van der Waals surface area (Å²) >= 11 is 0. The number of aryl methyl sites for hydroxylation is 4. The lowest BCUT2D eigenvalue weighted by molar-refractivity contribution is 0.627. The first-order valence-electron chi connectivity index (χ1n) is 8.11. The number of rotatable bonds is 4. The van der Waals surface area contributed by atoms with Crippen molar-refractivity contribution in [1.82, 2.24) is 5.32 Å². The molecule has 0 saturated carbocycles. The van der Waals surface area contributed by atoms with E-state index in [1.807, 2.05) is 0 Å². The molecule has 110 valence electrons. The van der Waals surface area contributed by atoms with Gasteiger partial charge in [0.25, 0.3) is 0 Å². The first kappa shape index (κ1) is 14.3. The number of nitrogens with one attached hydrogen (secondary N) is 1. The highest BCUT2D eigenvalue weighted by atomic mass is 14.9. The Morgan fingerprint density at radius 1 is 1.00 bits per heavy atom. The van der Waals surface area contributed by atoms with Crippen LogP contribution in [-0.4, -0.2) is 6.54 Å². The monoisotopic (exact) mass is 279 g/mol. The molecule has 1 nitrogen and oxygen atoms in total. The zero-order chi connectivity index (χ0) is 14.8. The van der Waals surface area contributed by atoms with E-state index in [1.54, 1.807) is 11.1 Å². The summed E-state index contributed by atoms with van der Waals surface area (Å²) in [5, 5.41) is 3.67. The number of fused-ring (bicyclic) bond motifs is 1. The SMILES string of the molecule is CCNC(c1ccc2c(c1)CCC2)c1cc(C)ccc1C. The molecule has 1 heteroatoms. The van der Waals surface area contributed by atoms with E-state index < -0.39 is 0 Å². The van der Waals surface area contributed by atoms with Gasteiger partial charge in [0, 0.05) is 0 Å². The summed E-state index contributed by atoms with van der Waals surface area (Å²) < 4.78 is 0. The molecule has 0 spiro atoms. The van der Waals surface area contributed by atoms with Gasteiger partial charge in [0.05, 0.1) is 6.04 Å². The van der Waals surface area contributed by atoms with Crippen molar-refractivity contribution < 1.29 is 0 Å². The maximum Gasteiger partial charge on any atom is 0.0579 e. The molecule has 3 rings (SSSR count). The van der Waals surface area contributed by atoms with Gasteiger partial charge in [0.2, 0.25) is 0 Å². The standard InChI is InChI=1S/C20H25N/c1-4-21-20(19-12-14(2)8-9-15(19)3)18-11-10-16-6-5-7-17(16)13-18/h8-13,20-21H,4-7H2,1-3H3. The molecule has 1 aliphatic rings. The largest absolute Gasteiger partial charge is 0.307 e. The van der Waals surface area contributed by atoms with Crippen molar-refractivity contribution in [2.45, 2.75) is 46.1 Å². The van der Waals surface area contributed by atoms with Crippen molar-refractivity contribution in [3.63, 3.8) is 0 Å². The predicted octanol–water partition coefficient (Wildman–Crippen LogP) is 4.49. The summed E-state index contributed by atoms with van der Waals surface area (Å²) in [5.74, 6) is 0. The average Bonchev–Trinajstić information content (AvgIpc) is 2.95. The lowest BCUT2D eigenvalue weighted by Crippen LogP contribution is -2.23. The van der Waals surface area contributed by atoms with Crippen molar-refractivity contribution in [3.8, 4) is 0 Å².